The minimum Gasteiger partial charge on any atom is -0.345 e. The van der Waals surface area contributed by atoms with Gasteiger partial charge in [0, 0.05) is 4.75 Å². The molecule has 5 heteroatoms. The Bertz CT molecular complexity index is 610. The van der Waals surface area contributed by atoms with Gasteiger partial charge in [-0.3, -0.25) is 4.79 Å². The number of carbonyl (C=O) groups excluding carboxylic acids is 1. The van der Waals surface area contributed by atoms with E-state index in [0.717, 1.165) is 16.9 Å². The van der Waals surface area contributed by atoms with Gasteiger partial charge < -0.3 is 10.3 Å². The number of carbonyl (C=O) groups is 1. The quantitative estimate of drug-likeness (QED) is 0.878. The van der Waals surface area contributed by atoms with E-state index < -0.39 is 0 Å². The first kappa shape index (κ1) is 16.9. The van der Waals surface area contributed by atoms with Gasteiger partial charge in [0.25, 0.3) is 0 Å². The van der Waals surface area contributed by atoms with E-state index in [1.165, 1.54) is 0 Å². The molecule has 1 atom stereocenters. The fourth-order valence-corrected chi connectivity index (χ4v) is 2.82. The van der Waals surface area contributed by atoms with Gasteiger partial charge in [-0.05, 0) is 18.1 Å². The van der Waals surface area contributed by atoms with Gasteiger partial charge in [0.05, 0.1) is 22.8 Å². The third-order valence-corrected chi connectivity index (χ3v) is 4.59. The Morgan fingerprint density at radius 2 is 2.00 bits per heavy atom. The zero-order chi connectivity index (χ0) is 16.3. The van der Waals surface area contributed by atoms with Gasteiger partial charge in [-0.25, -0.2) is 4.98 Å². The molecule has 0 fully saturated rings. The van der Waals surface area contributed by atoms with Gasteiger partial charge in [-0.15, -0.1) is 11.8 Å². The maximum atomic E-state index is 12.2. The smallest absolute Gasteiger partial charge is 0.230 e. The molecule has 0 saturated carbocycles. The van der Waals surface area contributed by atoms with Crippen LogP contribution in [0, 0.1) is 5.92 Å². The monoisotopic (exact) mass is 319 g/mol. The van der Waals surface area contributed by atoms with Crippen molar-refractivity contribution in [1.82, 2.24) is 15.3 Å². The minimum atomic E-state index is -0.0968. The average molecular weight is 319 g/mol. The number of amides is 1. The fourth-order valence-electron chi connectivity index (χ4n) is 2.17. The van der Waals surface area contributed by atoms with E-state index in [4.69, 9.17) is 0 Å². The van der Waals surface area contributed by atoms with E-state index in [0.29, 0.717) is 5.75 Å². The lowest BCUT2D eigenvalue weighted by Gasteiger charge is -2.22. The molecule has 4 nitrogen and oxygen atoms in total. The van der Waals surface area contributed by atoms with Gasteiger partial charge >= 0.3 is 0 Å². The first-order valence-corrected chi connectivity index (χ1v) is 8.63. The summed E-state index contributed by atoms with van der Waals surface area (Å²) in [4.78, 5) is 20.2. The molecule has 1 heterocycles. The molecular weight excluding hydrogens is 294 g/mol. The molecule has 0 saturated heterocycles. The number of aromatic amines is 1. The summed E-state index contributed by atoms with van der Waals surface area (Å²) in [6.45, 7) is 10.5. The molecule has 0 aliphatic carbocycles. The minimum absolute atomic E-state index is 0.0547. The van der Waals surface area contributed by atoms with Crippen molar-refractivity contribution < 1.29 is 4.79 Å². The Morgan fingerprint density at radius 3 is 2.59 bits per heavy atom. The number of aromatic nitrogens is 2. The number of para-hydroxylation sites is 2. The normalized spacial score (nSPS) is 13.5. The van der Waals surface area contributed by atoms with Crippen molar-refractivity contribution in [3.05, 3.63) is 30.1 Å². The summed E-state index contributed by atoms with van der Waals surface area (Å²) in [6.07, 6.45) is 0. The Morgan fingerprint density at radius 1 is 1.32 bits per heavy atom. The van der Waals surface area contributed by atoms with Crippen LogP contribution in [0.15, 0.2) is 24.3 Å². The number of rotatable bonds is 5. The maximum Gasteiger partial charge on any atom is 0.230 e. The summed E-state index contributed by atoms with van der Waals surface area (Å²) in [5, 5.41) is 3.11. The second-order valence-corrected chi connectivity index (χ2v) is 8.63. The highest BCUT2D eigenvalue weighted by Gasteiger charge is 2.22. The summed E-state index contributed by atoms with van der Waals surface area (Å²) >= 11 is 1.65. The number of hydrogen-bond donors (Lipinski definition) is 2. The zero-order valence-electron chi connectivity index (χ0n) is 13.9. The molecule has 22 heavy (non-hydrogen) atoms. The van der Waals surface area contributed by atoms with Crippen LogP contribution in [-0.2, 0) is 4.79 Å². The predicted octanol–water partition coefficient (Wildman–Crippen LogP) is 3.91. The van der Waals surface area contributed by atoms with E-state index in [1.807, 2.05) is 24.3 Å². The highest BCUT2D eigenvalue weighted by molar-refractivity contribution is 8.01. The molecule has 1 unspecified atom stereocenters. The molecule has 0 aliphatic rings. The van der Waals surface area contributed by atoms with Crippen molar-refractivity contribution in [2.45, 2.75) is 45.4 Å². The van der Waals surface area contributed by atoms with E-state index >= 15 is 0 Å². The van der Waals surface area contributed by atoms with Gasteiger partial charge in [0.2, 0.25) is 5.91 Å². The molecule has 2 N–H and O–H groups in total. The van der Waals surface area contributed by atoms with Crippen molar-refractivity contribution in [3.63, 3.8) is 0 Å². The molecule has 1 aromatic heterocycles. The number of nitrogens with one attached hydrogen (secondary N) is 2. The predicted molar refractivity (Wildman–Crippen MR) is 94.0 cm³/mol. The average Bonchev–Trinajstić information content (AvgIpc) is 2.84. The van der Waals surface area contributed by atoms with Crippen molar-refractivity contribution in [1.29, 1.82) is 0 Å². The van der Waals surface area contributed by atoms with Crippen LogP contribution in [0.25, 0.3) is 11.0 Å². The van der Waals surface area contributed by atoms with Crippen LogP contribution < -0.4 is 5.32 Å². The lowest BCUT2D eigenvalue weighted by molar-refractivity contribution is -0.119. The Labute approximate surface area is 136 Å². The van der Waals surface area contributed by atoms with Gasteiger partial charge in [-0.2, -0.15) is 0 Å². The number of fused-ring (bicyclic) bond motifs is 1. The largest absolute Gasteiger partial charge is 0.345 e. The van der Waals surface area contributed by atoms with Crippen molar-refractivity contribution >= 4 is 28.7 Å². The molecule has 0 radical (unpaired) electrons. The molecule has 120 valence electrons. The second kappa shape index (κ2) is 6.73. The Hall–Kier alpha value is -1.49. The highest BCUT2D eigenvalue weighted by atomic mass is 32.2. The molecule has 1 amide bonds. The van der Waals surface area contributed by atoms with Crippen LogP contribution in [0.2, 0.25) is 0 Å². The van der Waals surface area contributed by atoms with Gasteiger partial charge in [0.1, 0.15) is 5.82 Å². The molecule has 2 rings (SSSR count). The molecule has 2 aromatic rings. The van der Waals surface area contributed by atoms with Crippen molar-refractivity contribution in [2.75, 3.05) is 5.75 Å². The third-order valence-electron chi connectivity index (χ3n) is 3.32. The van der Waals surface area contributed by atoms with E-state index in [9.17, 15) is 4.79 Å². The summed E-state index contributed by atoms with van der Waals surface area (Å²) in [6, 6.07) is 7.83. The Kier molecular flexibility index (Phi) is 5.16. The van der Waals surface area contributed by atoms with Crippen molar-refractivity contribution in [3.8, 4) is 0 Å². The molecule has 0 bridgehead atoms. The lowest BCUT2D eigenvalue weighted by atomic mass is 10.0. The van der Waals surface area contributed by atoms with Crippen LogP contribution >= 0.6 is 11.8 Å². The van der Waals surface area contributed by atoms with Crippen molar-refractivity contribution in [2.24, 2.45) is 5.92 Å². The van der Waals surface area contributed by atoms with Crippen LogP contribution in [-0.4, -0.2) is 26.4 Å². The number of hydrogen-bond acceptors (Lipinski definition) is 3. The SMILES string of the molecule is CC(C)C(NC(=O)CSC(C)(C)C)c1nc2ccccc2[nH]1. The maximum absolute atomic E-state index is 12.2. The van der Waals surface area contributed by atoms with Crippen LogP contribution in [0.3, 0.4) is 0 Å². The summed E-state index contributed by atoms with van der Waals surface area (Å²) in [7, 11) is 0. The molecular formula is C17H25N3OS. The second-order valence-electron chi connectivity index (χ2n) is 6.83. The standard InChI is InChI=1S/C17H25N3OS/c1-11(2)15(20-14(21)10-22-17(3,4)5)16-18-12-8-6-7-9-13(12)19-16/h6-9,11,15H,10H2,1-5H3,(H,18,19)(H,20,21). The third kappa shape index (κ3) is 4.50. The highest BCUT2D eigenvalue weighted by Crippen LogP contribution is 2.25. The van der Waals surface area contributed by atoms with E-state index in [2.05, 4.69) is 49.9 Å². The van der Waals surface area contributed by atoms with Gasteiger partial charge in [0.15, 0.2) is 0 Å². The van der Waals surface area contributed by atoms with Crippen LogP contribution in [0.1, 0.15) is 46.5 Å². The topological polar surface area (TPSA) is 57.8 Å². The number of thioether (sulfide) groups is 1. The zero-order valence-corrected chi connectivity index (χ0v) is 14.8. The number of H-pyrrole nitrogens is 1. The molecule has 0 aliphatic heterocycles. The molecule has 1 aromatic carbocycles. The van der Waals surface area contributed by atoms with Crippen LogP contribution in [0.4, 0.5) is 0 Å². The summed E-state index contributed by atoms with van der Waals surface area (Å²) in [5.41, 5.74) is 1.93. The number of benzene rings is 1. The summed E-state index contributed by atoms with van der Waals surface area (Å²) in [5.74, 6) is 1.61. The van der Waals surface area contributed by atoms with E-state index in [1.54, 1.807) is 11.8 Å². The van der Waals surface area contributed by atoms with Gasteiger partial charge in [-0.1, -0.05) is 46.8 Å². The molecule has 0 spiro atoms. The van der Waals surface area contributed by atoms with E-state index in [-0.39, 0.29) is 22.6 Å². The number of imidazole rings is 1. The lowest BCUT2D eigenvalue weighted by Crippen LogP contribution is -2.34. The summed E-state index contributed by atoms with van der Waals surface area (Å²) < 4.78 is 0.0873. The number of nitrogens with zero attached hydrogens (tertiary/aromatic N) is 1. The van der Waals surface area contributed by atoms with Crippen LogP contribution in [0.5, 0.6) is 0 Å². The first-order valence-electron chi connectivity index (χ1n) is 7.64. The Balaban J connectivity index is 2.11. The fraction of sp³-hybridized carbons (Fsp3) is 0.529. The first-order chi connectivity index (χ1) is 10.3.